The van der Waals surface area contributed by atoms with Gasteiger partial charge >= 0.3 is 0 Å². The predicted octanol–water partition coefficient (Wildman–Crippen LogP) is 5.40. The number of primary amides is 1. The van der Waals surface area contributed by atoms with E-state index in [2.05, 4.69) is 42.0 Å². The molecule has 0 bridgehead atoms. The molecule has 1 aromatic carbocycles. The number of carbonyl (C=O) groups excluding carboxylic acids is 2. The van der Waals surface area contributed by atoms with Crippen LogP contribution in [-0.4, -0.2) is 11.8 Å². The third-order valence-corrected chi connectivity index (χ3v) is 7.56. The normalized spacial score (nSPS) is 16.7. The molecule has 0 saturated heterocycles. The highest BCUT2D eigenvalue weighted by molar-refractivity contribution is 9.10. The summed E-state index contributed by atoms with van der Waals surface area (Å²) in [6.45, 7) is 6.84. The largest absolute Gasteiger partial charge is 0.365 e. The second-order valence-corrected chi connectivity index (χ2v) is 9.84. The lowest BCUT2D eigenvalue weighted by Gasteiger charge is -2.36. The highest BCUT2D eigenvalue weighted by Gasteiger charge is 2.35. The Morgan fingerprint density at radius 2 is 1.96 bits per heavy atom. The molecule has 3 N–H and O–H groups in total. The lowest BCUT2D eigenvalue weighted by atomic mass is 9.69. The molecule has 0 radical (unpaired) electrons. The van der Waals surface area contributed by atoms with Crippen LogP contribution in [0.1, 0.15) is 64.8 Å². The molecule has 4 nitrogen and oxygen atoms in total. The number of nitrogens with one attached hydrogen (secondary N) is 1. The summed E-state index contributed by atoms with van der Waals surface area (Å²) in [5, 5.41) is 3.49. The van der Waals surface area contributed by atoms with E-state index in [1.165, 1.54) is 16.2 Å². The molecule has 2 amide bonds. The van der Waals surface area contributed by atoms with Gasteiger partial charge in [0.1, 0.15) is 5.00 Å². The zero-order valence-electron chi connectivity index (χ0n) is 15.9. The predicted molar refractivity (Wildman–Crippen MR) is 115 cm³/mol. The maximum atomic E-state index is 12.6. The molecule has 1 aliphatic carbocycles. The summed E-state index contributed by atoms with van der Waals surface area (Å²) in [5.41, 5.74) is 8.00. The molecular weight excluding hydrogens is 424 g/mol. The maximum absolute atomic E-state index is 12.6. The van der Waals surface area contributed by atoms with Gasteiger partial charge in [-0.1, -0.05) is 43.1 Å². The van der Waals surface area contributed by atoms with Gasteiger partial charge in [-0.15, -0.1) is 11.3 Å². The number of nitrogens with two attached hydrogens (primary N) is 1. The van der Waals surface area contributed by atoms with E-state index in [0.717, 1.165) is 35.7 Å². The highest BCUT2D eigenvalue weighted by atomic mass is 79.9. The quantitative estimate of drug-likeness (QED) is 0.641. The Morgan fingerprint density at radius 3 is 2.56 bits per heavy atom. The van der Waals surface area contributed by atoms with Crippen molar-refractivity contribution in [3.63, 3.8) is 0 Å². The van der Waals surface area contributed by atoms with Crippen LogP contribution in [0.5, 0.6) is 0 Å². The van der Waals surface area contributed by atoms with Crippen molar-refractivity contribution >= 4 is 44.1 Å². The lowest BCUT2D eigenvalue weighted by molar-refractivity contribution is 0.0999. The molecule has 0 aliphatic heterocycles. The fourth-order valence-corrected chi connectivity index (χ4v) is 5.26. The highest BCUT2D eigenvalue weighted by Crippen LogP contribution is 2.45. The number of hydrogen-bond donors (Lipinski definition) is 2. The van der Waals surface area contributed by atoms with E-state index in [0.29, 0.717) is 22.0 Å². The molecule has 6 heteroatoms. The first-order valence-corrected chi connectivity index (χ1v) is 10.8. The molecule has 27 heavy (non-hydrogen) atoms. The number of amides is 2. The minimum atomic E-state index is -0.466. The first kappa shape index (κ1) is 20.1. The standard InChI is InChI=1S/C21H25BrN2O2S/c1-4-21(2,3)13-7-10-15-16(11-13)27-20(17(15)18(23)25)24-19(26)12-5-8-14(22)9-6-12/h5-6,8-9,13H,4,7,10-11H2,1-3H3,(H2,23,25)(H,24,26). The molecule has 1 aliphatic rings. The van der Waals surface area contributed by atoms with Crippen LogP contribution < -0.4 is 11.1 Å². The van der Waals surface area contributed by atoms with Crippen LogP contribution in [0.25, 0.3) is 0 Å². The molecule has 1 aromatic heterocycles. The van der Waals surface area contributed by atoms with Gasteiger partial charge in [-0.3, -0.25) is 9.59 Å². The van der Waals surface area contributed by atoms with E-state index in [-0.39, 0.29) is 11.3 Å². The van der Waals surface area contributed by atoms with Gasteiger partial charge in [0, 0.05) is 14.9 Å². The van der Waals surface area contributed by atoms with Crippen molar-refractivity contribution in [1.29, 1.82) is 0 Å². The SMILES string of the molecule is CCC(C)(C)C1CCc2c(sc(NC(=O)c3ccc(Br)cc3)c2C(N)=O)C1. The number of benzene rings is 1. The van der Waals surface area contributed by atoms with E-state index >= 15 is 0 Å². The van der Waals surface area contributed by atoms with Crippen molar-refractivity contribution in [1.82, 2.24) is 0 Å². The van der Waals surface area contributed by atoms with Gasteiger partial charge in [0.25, 0.3) is 11.8 Å². The average Bonchev–Trinajstić information content (AvgIpc) is 2.99. The van der Waals surface area contributed by atoms with Crippen molar-refractivity contribution < 1.29 is 9.59 Å². The molecule has 1 heterocycles. The Hall–Kier alpha value is -1.66. The van der Waals surface area contributed by atoms with Crippen molar-refractivity contribution in [3.8, 4) is 0 Å². The van der Waals surface area contributed by atoms with Crippen molar-refractivity contribution in [2.24, 2.45) is 17.1 Å². The fraction of sp³-hybridized carbons (Fsp3) is 0.429. The zero-order chi connectivity index (χ0) is 19.8. The molecule has 0 spiro atoms. The average molecular weight is 449 g/mol. The fourth-order valence-electron chi connectivity index (χ4n) is 3.67. The van der Waals surface area contributed by atoms with E-state index < -0.39 is 5.91 Å². The van der Waals surface area contributed by atoms with Crippen LogP contribution >= 0.6 is 27.3 Å². The van der Waals surface area contributed by atoms with Gasteiger partial charge in [-0.25, -0.2) is 0 Å². The van der Waals surface area contributed by atoms with Crippen LogP contribution in [0, 0.1) is 11.3 Å². The molecular formula is C21H25BrN2O2S. The Kier molecular flexibility index (Phi) is 5.77. The molecule has 1 atom stereocenters. The van der Waals surface area contributed by atoms with Gasteiger partial charge in [0.05, 0.1) is 5.56 Å². The molecule has 144 valence electrons. The van der Waals surface area contributed by atoms with E-state index in [9.17, 15) is 9.59 Å². The summed E-state index contributed by atoms with van der Waals surface area (Å²) in [4.78, 5) is 25.9. The molecule has 0 saturated carbocycles. The summed E-state index contributed by atoms with van der Waals surface area (Å²) in [6, 6.07) is 7.13. The summed E-state index contributed by atoms with van der Waals surface area (Å²) >= 11 is 4.87. The van der Waals surface area contributed by atoms with Crippen LogP contribution in [0.15, 0.2) is 28.7 Å². The van der Waals surface area contributed by atoms with E-state index in [4.69, 9.17) is 5.73 Å². The number of halogens is 1. The molecule has 3 rings (SSSR count). The third kappa shape index (κ3) is 4.11. The summed E-state index contributed by atoms with van der Waals surface area (Å²) in [6.07, 6.45) is 3.95. The van der Waals surface area contributed by atoms with Crippen LogP contribution in [-0.2, 0) is 12.8 Å². The van der Waals surface area contributed by atoms with E-state index in [1.807, 2.05) is 12.1 Å². The Labute approximate surface area is 172 Å². The Morgan fingerprint density at radius 1 is 1.30 bits per heavy atom. The topological polar surface area (TPSA) is 72.2 Å². The number of anilines is 1. The number of fused-ring (bicyclic) bond motifs is 1. The molecule has 2 aromatic rings. The monoisotopic (exact) mass is 448 g/mol. The molecule has 1 unspecified atom stereocenters. The smallest absolute Gasteiger partial charge is 0.256 e. The first-order chi connectivity index (χ1) is 12.7. The second kappa shape index (κ2) is 7.76. The maximum Gasteiger partial charge on any atom is 0.256 e. The second-order valence-electron chi connectivity index (χ2n) is 7.82. The lowest BCUT2D eigenvalue weighted by Crippen LogP contribution is -2.29. The van der Waals surface area contributed by atoms with Crippen LogP contribution in [0.3, 0.4) is 0 Å². The summed E-state index contributed by atoms with van der Waals surface area (Å²) in [7, 11) is 0. The third-order valence-electron chi connectivity index (χ3n) is 5.86. The van der Waals surface area contributed by atoms with Gasteiger partial charge in [-0.2, -0.15) is 0 Å². The van der Waals surface area contributed by atoms with Crippen LogP contribution in [0.2, 0.25) is 0 Å². The summed E-state index contributed by atoms with van der Waals surface area (Å²) in [5.74, 6) is -0.120. The van der Waals surface area contributed by atoms with Gasteiger partial charge < -0.3 is 11.1 Å². The van der Waals surface area contributed by atoms with Crippen molar-refractivity contribution in [2.75, 3.05) is 5.32 Å². The van der Waals surface area contributed by atoms with E-state index in [1.54, 1.807) is 12.1 Å². The number of rotatable bonds is 5. The molecule has 0 fully saturated rings. The zero-order valence-corrected chi connectivity index (χ0v) is 18.3. The Balaban J connectivity index is 1.90. The minimum Gasteiger partial charge on any atom is -0.365 e. The first-order valence-electron chi connectivity index (χ1n) is 9.24. The van der Waals surface area contributed by atoms with Gasteiger partial charge in [-0.05, 0) is 60.4 Å². The van der Waals surface area contributed by atoms with Crippen LogP contribution in [0.4, 0.5) is 5.00 Å². The number of hydrogen-bond acceptors (Lipinski definition) is 3. The van der Waals surface area contributed by atoms with Gasteiger partial charge in [0.2, 0.25) is 0 Å². The Bertz CT molecular complexity index is 871. The van der Waals surface area contributed by atoms with Crippen molar-refractivity contribution in [2.45, 2.75) is 46.5 Å². The minimum absolute atomic E-state index is 0.228. The number of carbonyl (C=O) groups is 2. The van der Waals surface area contributed by atoms with Gasteiger partial charge in [0.15, 0.2) is 0 Å². The van der Waals surface area contributed by atoms with Crippen molar-refractivity contribution in [3.05, 3.63) is 50.3 Å². The number of thiophene rings is 1. The summed E-state index contributed by atoms with van der Waals surface area (Å²) < 4.78 is 0.910.